The van der Waals surface area contributed by atoms with Crippen molar-refractivity contribution in [2.75, 3.05) is 16.8 Å². The highest BCUT2D eigenvalue weighted by atomic mass is 19.1. The Morgan fingerprint density at radius 1 is 0.865 bits per heavy atom. The van der Waals surface area contributed by atoms with E-state index in [0.717, 1.165) is 6.42 Å². The maximum atomic E-state index is 13.2. The lowest BCUT2D eigenvalue weighted by molar-refractivity contribution is -0.122. The molecule has 188 valence electrons. The van der Waals surface area contributed by atoms with Crippen LogP contribution in [0.5, 0.6) is 0 Å². The molecule has 5 rings (SSSR count). The predicted molar refractivity (Wildman–Crippen MR) is 134 cm³/mol. The van der Waals surface area contributed by atoms with Crippen LogP contribution in [0.15, 0.2) is 78.9 Å². The normalized spacial score (nSPS) is 20.9. The standard InChI is InChI=1S/C29H25FN2O5/c30-21-9-11-22(12-10-21)31-26(33)17-37-29(36)19-6-13-23(14-7-19)32-27(34)24-15-8-20(16-25(24)28(32)35)18-4-2-1-3-5-18/h1-7,9-14,20,24-25H,8,15-17H2,(H,31,33)/t20-,24-,25+/m1/s1. The molecule has 3 aromatic carbocycles. The Kier molecular flexibility index (Phi) is 6.81. The molecule has 1 saturated carbocycles. The van der Waals surface area contributed by atoms with Crippen molar-refractivity contribution in [2.24, 2.45) is 11.8 Å². The summed E-state index contributed by atoms with van der Waals surface area (Å²) in [7, 11) is 0. The molecule has 1 aliphatic carbocycles. The molecule has 3 atom stereocenters. The highest BCUT2D eigenvalue weighted by Crippen LogP contribution is 2.45. The van der Waals surface area contributed by atoms with Gasteiger partial charge in [-0.25, -0.2) is 9.18 Å². The first-order chi connectivity index (χ1) is 17.9. The lowest BCUT2D eigenvalue weighted by Crippen LogP contribution is -2.30. The number of esters is 1. The Morgan fingerprint density at radius 2 is 1.54 bits per heavy atom. The van der Waals surface area contributed by atoms with Crippen molar-refractivity contribution in [1.29, 1.82) is 0 Å². The number of carbonyl (C=O) groups excluding carboxylic acids is 4. The first-order valence-corrected chi connectivity index (χ1v) is 12.2. The Bertz CT molecular complexity index is 1320. The van der Waals surface area contributed by atoms with Gasteiger partial charge in [0.2, 0.25) is 11.8 Å². The Labute approximate surface area is 213 Å². The number of carbonyl (C=O) groups is 4. The number of benzene rings is 3. The molecular weight excluding hydrogens is 475 g/mol. The number of imide groups is 1. The molecule has 0 radical (unpaired) electrons. The molecule has 3 aromatic rings. The number of halogens is 1. The molecule has 0 spiro atoms. The molecule has 1 N–H and O–H groups in total. The molecule has 0 bridgehead atoms. The number of fused-ring (bicyclic) bond motifs is 1. The number of rotatable bonds is 6. The second-order valence-electron chi connectivity index (χ2n) is 9.32. The van der Waals surface area contributed by atoms with E-state index in [1.165, 1.54) is 59.0 Å². The first-order valence-electron chi connectivity index (χ1n) is 12.2. The van der Waals surface area contributed by atoms with E-state index in [1.807, 2.05) is 18.2 Å². The van der Waals surface area contributed by atoms with E-state index < -0.39 is 24.3 Å². The fraction of sp³-hybridized carbons (Fsp3) is 0.241. The van der Waals surface area contributed by atoms with Gasteiger partial charge in [0.05, 0.1) is 23.1 Å². The molecular formula is C29H25FN2O5. The van der Waals surface area contributed by atoms with Crippen LogP contribution in [-0.2, 0) is 19.1 Å². The van der Waals surface area contributed by atoms with E-state index in [0.29, 0.717) is 24.2 Å². The van der Waals surface area contributed by atoms with E-state index in [1.54, 1.807) is 0 Å². The summed E-state index contributed by atoms with van der Waals surface area (Å²) in [5.74, 6) is -2.55. The van der Waals surface area contributed by atoms with E-state index in [9.17, 15) is 23.6 Å². The molecule has 37 heavy (non-hydrogen) atoms. The summed E-state index contributed by atoms with van der Waals surface area (Å²) in [6.07, 6.45) is 2.16. The zero-order chi connectivity index (χ0) is 25.9. The van der Waals surface area contributed by atoms with Crippen molar-refractivity contribution in [2.45, 2.75) is 25.2 Å². The van der Waals surface area contributed by atoms with Gasteiger partial charge in [-0.15, -0.1) is 0 Å². The van der Waals surface area contributed by atoms with Gasteiger partial charge >= 0.3 is 5.97 Å². The van der Waals surface area contributed by atoms with Gasteiger partial charge in [0.25, 0.3) is 5.91 Å². The van der Waals surface area contributed by atoms with Gasteiger partial charge in [-0.2, -0.15) is 0 Å². The van der Waals surface area contributed by atoms with Crippen LogP contribution < -0.4 is 10.2 Å². The predicted octanol–water partition coefficient (Wildman–Crippen LogP) is 4.69. The first kappa shape index (κ1) is 24.4. The fourth-order valence-corrected chi connectivity index (χ4v) is 5.15. The minimum Gasteiger partial charge on any atom is -0.452 e. The Hall–Kier alpha value is -4.33. The quantitative estimate of drug-likeness (QED) is 0.391. The van der Waals surface area contributed by atoms with Crippen LogP contribution in [0.2, 0.25) is 0 Å². The summed E-state index contributed by atoms with van der Waals surface area (Å²) in [6.45, 7) is -0.521. The molecule has 2 aliphatic rings. The van der Waals surface area contributed by atoms with E-state index in [-0.39, 0.29) is 35.1 Å². The van der Waals surface area contributed by atoms with E-state index >= 15 is 0 Å². The molecule has 0 aromatic heterocycles. The minimum absolute atomic E-state index is 0.180. The van der Waals surface area contributed by atoms with Crippen molar-refractivity contribution >= 4 is 35.1 Å². The average Bonchev–Trinajstić information content (AvgIpc) is 3.18. The second-order valence-corrected chi connectivity index (χ2v) is 9.32. The number of hydrogen-bond acceptors (Lipinski definition) is 5. The van der Waals surface area contributed by atoms with E-state index in [4.69, 9.17) is 4.74 Å². The summed E-state index contributed by atoms with van der Waals surface area (Å²) < 4.78 is 18.0. The lowest BCUT2D eigenvalue weighted by Gasteiger charge is -2.28. The van der Waals surface area contributed by atoms with Gasteiger partial charge < -0.3 is 10.1 Å². The second kappa shape index (κ2) is 10.3. The Balaban J connectivity index is 1.20. The highest BCUT2D eigenvalue weighted by molar-refractivity contribution is 6.22. The molecule has 0 unspecified atom stereocenters. The topological polar surface area (TPSA) is 92.8 Å². The summed E-state index contributed by atoms with van der Waals surface area (Å²) in [5.41, 5.74) is 2.15. The van der Waals surface area contributed by atoms with Crippen molar-refractivity contribution in [3.8, 4) is 0 Å². The number of nitrogens with zero attached hydrogens (tertiary/aromatic N) is 1. The van der Waals surface area contributed by atoms with Crippen LogP contribution in [-0.4, -0.2) is 30.3 Å². The third-order valence-electron chi connectivity index (χ3n) is 7.02. The van der Waals surface area contributed by atoms with Crippen LogP contribution in [0.3, 0.4) is 0 Å². The summed E-state index contributed by atoms with van der Waals surface area (Å²) >= 11 is 0. The maximum Gasteiger partial charge on any atom is 0.338 e. The lowest BCUT2D eigenvalue weighted by atomic mass is 9.73. The van der Waals surface area contributed by atoms with Crippen LogP contribution in [0.1, 0.15) is 41.1 Å². The maximum absolute atomic E-state index is 13.2. The summed E-state index contributed by atoms with van der Waals surface area (Å²) in [6, 6.07) is 21.3. The smallest absolute Gasteiger partial charge is 0.338 e. The Morgan fingerprint density at radius 3 is 2.24 bits per heavy atom. The highest BCUT2D eigenvalue weighted by Gasteiger charge is 2.50. The van der Waals surface area contributed by atoms with Crippen LogP contribution in [0, 0.1) is 17.7 Å². The monoisotopic (exact) mass is 500 g/mol. The van der Waals surface area contributed by atoms with Gasteiger partial charge in [0.1, 0.15) is 5.82 Å². The van der Waals surface area contributed by atoms with Crippen molar-refractivity contribution < 1.29 is 28.3 Å². The van der Waals surface area contributed by atoms with Crippen molar-refractivity contribution in [3.05, 3.63) is 95.8 Å². The number of anilines is 2. The largest absolute Gasteiger partial charge is 0.452 e. The zero-order valence-corrected chi connectivity index (χ0v) is 19.9. The van der Waals surface area contributed by atoms with Gasteiger partial charge in [-0.05, 0) is 79.3 Å². The van der Waals surface area contributed by atoms with E-state index in [2.05, 4.69) is 17.4 Å². The van der Waals surface area contributed by atoms with Gasteiger partial charge in [-0.1, -0.05) is 30.3 Å². The SMILES string of the molecule is O=C(COC(=O)c1ccc(N2C(=O)[C@H]3C[C@H](c4ccccc4)CC[C@H]3C2=O)cc1)Nc1ccc(F)cc1. The fourth-order valence-electron chi connectivity index (χ4n) is 5.15. The number of nitrogens with one attached hydrogen (secondary N) is 1. The molecule has 8 heteroatoms. The van der Waals surface area contributed by atoms with Gasteiger partial charge in [0.15, 0.2) is 6.61 Å². The van der Waals surface area contributed by atoms with Crippen molar-refractivity contribution in [1.82, 2.24) is 0 Å². The minimum atomic E-state index is -0.723. The van der Waals surface area contributed by atoms with Gasteiger partial charge in [-0.3, -0.25) is 19.3 Å². The van der Waals surface area contributed by atoms with Crippen LogP contribution in [0.25, 0.3) is 0 Å². The third-order valence-corrected chi connectivity index (χ3v) is 7.02. The average molecular weight is 501 g/mol. The summed E-state index contributed by atoms with van der Waals surface area (Å²) in [4.78, 5) is 52.0. The summed E-state index contributed by atoms with van der Waals surface area (Å²) in [5, 5.41) is 2.51. The molecule has 2 fully saturated rings. The molecule has 7 nitrogen and oxygen atoms in total. The zero-order valence-electron chi connectivity index (χ0n) is 19.9. The number of ether oxygens (including phenoxy) is 1. The van der Waals surface area contributed by atoms with Crippen molar-refractivity contribution in [3.63, 3.8) is 0 Å². The number of amides is 3. The van der Waals surface area contributed by atoms with Gasteiger partial charge in [0, 0.05) is 5.69 Å². The van der Waals surface area contributed by atoms with Crippen LogP contribution in [0.4, 0.5) is 15.8 Å². The molecule has 1 heterocycles. The molecule has 1 aliphatic heterocycles. The van der Waals surface area contributed by atoms with Crippen LogP contribution >= 0.6 is 0 Å². The molecule has 3 amide bonds. The number of hydrogen-bond donors (Lipinski definition) is 1. The third kappa shape index (κ3) is 5.14. The molecule has 1 saturated heterocycles.